The van der Waals surface area contributed by atoms with E-state index in [0.717, 1.165) is 12.1 Å². The number of rotatable bonds is 3. The summed E-state index contributed by atoms with van der Waals surface area (Å²) < 4.78 is 40.0. The van der Waals surface area contributed by atoms with Crippen LogP contribution in [0.25, 0.3) is 11.1 Å². The number of aromatic nitrogens is 1. The molecule has 1 heterocycles. The van der Waals surface area contributed by atoms with Crippen molar-refractivity contribution in [3.8, 4) is 11.1 Å². The molecule has 122 valence electrons. The molecule has 0 aliphatic heterocycles. The lowest BCUT2D eigenvalue weighted by Gasteiger charge is -2.11. The summed E-state index contributed by atoms with van der Waals surface area (Å²) in [5, 5.41) is 0. The first-order valence-electron chi connectivity index (χ1n) is 7.03. The van der Waals surface area contributed by atoms with Crippen molar-refractivity contribution in [2.45, 2.75) is 20.0 Å². The van der Waals surface area contributed by atoms with Gasteiger partial charge < -0.3 is 4.57 Å². The molecule has 0 bridgehead atoms. The van der Waals surface area contributed by atoms with Gasteiger partial charge in [-0.25, -0.2) is 0 Å². The predicted molar refractivity (Wildman–Crippen MR) is 81.3 cm³/mol. The zero-order chi connectivity index (χ0) is 17.4. The van der Waals surface area contributed by atoms with Gasteiger partial charge in [-0.1, -0.05) is 26.0 Å². The Balaban J connectivity index is 2.66. The maximum atomic E-state index is 12.8. The molecular weight excluding hydrogens is 307 g/mol. The fourth-order valence-corrected chi connectivity index (χ4v) is 2.26. The minimum Gasteiger partial charge on any atom is -0.356 e. The molecule has 3 nitrogen and oxygen atoms in total. The van der Waals surface area contributed by atoms with Gasteiger partial charge in [-0.3, -0.25) is 9.59 Å². The van der Waals surface area contributed by atoms with E-state index in [-0.39, 0.29) is 28.4 Å². The van der Waals surface area contributed by atoms with Crippen molar-refractivity contribution < 1.29 is 18.0 Å². The van der Waals surface area contributed by atoms with Gasteiger partial charge in [-0.2, -0.15) is 13.2 Å². The van der Waals surface area contributed by atoms with E-state index < -0.39 is 17.2 Å². The lowest BCUT2D eigenvalue weighted by Crippen LogP contribution is -2.22. The van der Waals surface area contributed by atoms with Crippen molar-refractivity contribution in [1.82, 2.24) is 4.57 Å². The fourth-order valence-electron chi connectivity index (χ4n) is 2.26. The minimum absolute atomic E-state index is 0.0163. The summed E-state index contributed by atoms with van der Waals surface area (Å²) in [5.41, 5.74) is -1.19. The van der Waals surface area contributed by atoms with E-state index in [2.05, 4.69) is 0 Å². The number of hydrogen-bond acceptors (Lipinski definition) is 2. The number of halogens is 3. The second-order valence-electron chi connectivity index (χ2n) is 5.68. The summed E-state index contributed by atoms with van der Waals surface area (Å²) in [5.74, 6) is -0.709. The summed E-state index contributed by atoms with van der Waals surface area (Å²) in [7, 11) is 1.62. The van der Waals surface area contributed by atoms with E-state index in [1.807, 2.05) is 0 Å². The highest BCUT2D eigenvalue weighted by Crippen LogP contribution is 2.31. The molecule has 0 N–H and O–H groups in total. The van der Waals surface area contributed by atoms with Crippen LogP contribution in [0.1, 0.15) is 29.8 Å². The van der Waals surface area contributed by atoms with Crippen LogP contribution in [0.2, 0.25) is 0 Å². The number of pyridine rings is 1. The van der Waals surface area contributed by atoms with Gasteiger partial charge in [0.15, 0.2) is 11.2 Å². The second-order valence-corrected chi connectivity index (χ2v) is 5.68. The van der Waals surface area contributed by atoms with Crippen molar-refractivity contribution in [3.63, 3.8) is 0 Å². The van der Waals surface area contributed by atoms with E-state index in [1.165, 1.54) is 29.1 Å². The number of benzene rings is 1. The molecule has 0 fully saturated rings. The Bertz CT molecular complexity index is 804. The lowest BCUT2D eigenvalue weighted by atomic mass is 9.97. The minimum atomic E-state index is -4.49. The van der Waals surface area contributed by atoms with E-state index >= 15 is 0 Å². The van der Waals surface area contributed by atoms with Gasteiger partial charge >= 0.3 is 6.18 Å². The van der Waals surface area contributed by atoms with E-state index in [4.69, 9.17) is 0 Å². The molecule has 0 radical (unpaired) electrons. The number of ketones is 1. The van der Waals surface area contributed by atoms with Crippen LogP contribution in [0.15, 0.2) is 41.5 Å². The highest BCUT2D eigenvalue weighted by Gasteiger charge is 2.30. The van der Waals surface area contributed by atoms with Gasteiger partial charge in [0.2, 0.25) is 0 Å². The molecule has 0 amide bonds. The number of hydrogen-bond donors (Lipinski definition) is 0. The summed E-state index contributed by atoms with van der Waals surface area (Å²) >= 11 is 0. The van der Waals surface area contributed by atoms with Crippen LogP contribution in [-0.4, -0.2) is 10.4 Å². The van der Waals surface area contributed by atoms with Crippen molar-refractivity contribution in [3.05, 3.63) is 58.0 Å². The summed E-state index contributed by atoms with van der Waals surface area (Å²) in [6, 6.07) is 4.53. The van der Waals surface area contributed by atoms with Gasteiger partial charge in [0.05, 0.1) is 11.1 Å². The summed E-state index contributed by atoms with van der Waals surface area (Å²) in [6.07, 6.45) is -1.66. The molecule has 0 spiro atoms. The molecule has 0 unspecified atom stereocenters. The van der Waals surface area contributed by atoms with Crippen LogP contribution >= 0.6 is 0 Å². The standard InChI is InChI=1S/C17H16F3NO2/c1-10(2)15(22)14-9-21(3)8-13(16(14)23)11-5-4-6-12(7-11)17(18,19)20/h4-10H,1-3H3. The zero-order valence-corrected chi connectivity index (χ0v) is 12.9. The molecule has 0 saturated heterocycles. The van der Waals surface area contributed by atoms with Crippen LogP contribution in [0, 0.1) is 5.92 Å². The van der Waals surface area contributed by atoms with Crippen LogP contribution in [-0.2, 0) is 13.2 Å². The molecule has 6 heteroatoms. The molecule has 23 heavy (non-hydrogen) atoms. The quantitative estimate of drug-likeness (QED) is 0.803. The Morgan fingerprint density at radius 2 is 1.83 bits per heavy atom. The first kappa shape index (κ1) is 17.0. The molecule has 0 atom stereocenters. The average Bonchev–Trinajstić information content (AvgIpc) is 2.47. The van der Waals surface area contributed by atoms with Crippen LogP contribution in [0.3, 0.4) is 0 Å². The highest BCUT2D eigenvalue weighted by atomic mass is 19.4. The number of nitrogens with zero attached hydrogens (tertiary/aromatic N) is 1. The predicted octanol–water partition coefficient (Wildman–Crippen LogP) is 3.91. The third-order valence-corrected chi connectivity index (χ3v) is 3.45. The molecule has 2 aromatic rings. The van der Waals surface area contributed by atoms with E-state index in [1.54, 1.807) is 20.9 Å². The van der Waals surface area contributed by atoms with Gasteiger partial charge in [-0.15, -0.1) is 0 Å². The first-order valence-corrected chi connectivity index (χ1v) is 7.03. The average molecular weight is 323 g/mol. The smallest absolute Gasteiger partial charge is 0.356 e. The topological polar surface area (TPSA) is 39.1 Å². The Kier molecular flexibility index (Phi) is 4.45. The van der Waals surface area contributed by atoms with Crippen LogP contribution < -0.4 is 5.43 Å². The number of alkyl halides is 3. The Labute approximate surface area is 131 Å². The van der Waals surface area contributed by atoms with Gasteiger partial charge in [0.25, 0.3) is 0 Å². The zero-order valence-electron chi connectivity index (χ0n) is 12.9. The Morgan fingerprint density at radius 3 is 2.39 bits per heavy atom. The maximum Gasteiger partial charge on any atom is 0.416 e. The number of carbonyl (C=O) groups is 1. The van der Waals surface area contributed by atoms with Crippen molar-refractivity contribution in [2.75, 3.05) is 0 Å². The Morgan fingerprint density at radius 1 is 1.17 bits per heavy atom. The van der Waals surface area contributed by atoms with E-state index in [9.17, 15) is 22.8 Å². The monoisotopic (exact) mass is 323 g/mol. The molecule has 0 aliphatic rings. The normalized spacial score (nSPS) is 11.8. The first-order chi connectivity index (χ1) is 10.6. The van der Waals surface area contributed by atoms with Gasteiger partial charge in [0, 0.05) is 30.9 Å². The molecule has 0 aliphatic carbocycles. The second kappa shape index (κ2) is 6.02. The largest absolute Gasteiger partial charge is 0.416 e. The molecule has 2 rings (SSSR count). The Hall–Kier alpha value is -2.37. The van der Waals surface area contributed by atoms with Crippen LogP contribution in [0.4, 0.5) is 13.2 Å². The molecule has 1 aromatic heterocycles. The van der Waals surface area contributed by atoms with E-state index in [0.29, 0.717) is 0 Å². The van der Waals surface area contributed by atoms with Crippen molar-refractivity contribution in [1.29, 1.82) is 0 Å². The number of carbonyl (C=O) groups excluding carboxylic acids is 1. The highest BCUT2D eigenvalue weighted by molar-refractivity contribution is 5.98. The molecular formula is C17H16F3NO2. The number of Topliss-reactive ketones (excluding diaryl/α,β-unsaturated/α-hetero) is 1. The van der Waals surface area contributed by atoms with Crippen LogP contribution in [0.5, 0.6) is 0 Å². The van der Waals surface area contributed by atoms with Crippen molar-refractivity contribution in [2.24, 2.45) is 13.0 Å². The fraction of sp³-hybridized carbons (Fsp3) is 0.294. The number of aryl methyl sites for hydroxylation is 1. The van der Waals surface area contributed by atoms with Crippen molar-refractivity contribution >= 4 is 5.78 Å². The maximum absolute atomic E-state index is 12.8. The lowest BCUT2D eigenvalue weighted by molar-refractivity contribution is -0.137. The SMILES string of the molecule is CC(C)C(=O)c1cn(C)cc(-c2cccc(C(F)(F)F)c2)c1=O. The molecule has 0 saturated carbocycles. The third-order valence-electron chi connectivity index (χ3n) is 3.45. The summed E-state index contributed by atoms with van der Waals surface area (Å²) in [6.45, 7) is 3.33. The van der Waals surface area contributed by atoms with Gasteiger partial charge in [-0.05, 0) is 17.7 Å². The molecule has 1 aromatic carbocycles. The third kappa shape index (κ3) is 3.52. The summed E-state index contributed by atoms with van der Waals surface area (Å²) in [4.78, 5) is 24.6. The van der Waals surface area contributed by atoms with Gasteiger partial charge in [0.1, 0.15) is 0 Å².